The molecule has 0 saturated heterocycles. The summed E-state index contributed by atoms with van der Waals surface area (Å²) >= 11 is 0. The molecule has 1 rings (SSSR count). The van der Waals surface area contributed by atoms with Gasteiger partial charge in [0.05, 0.1) is 0 Å². The van der Waals surface area contributed by atoms with Crippen LogP contribution in [0.3, 0.4) is 0 Å². The fourth-order valence-electron chi connectivity index (χ4n) is 2.40. The Morgan fingerprint density at radius 3 is 2.42 bits per heavy atom. The molecular formula is C13H24N2O4. The van der Waals surface area contributed by atoms with Gasteiger partial charge in [-0.1, -0.05) is 13.3 Å². The van der Waals surface area contributed by atoms with Crippen LogP contribution in [0.5, 0.6) is 0 Å². The first-order chi connectivity index (χ1) is 9.02. The highest BCUT2D eigenvalue weighted by Crippen LogP contribution is 2.26. The summed E-state index contributed by atoms with van der Waals surface area (Å²) in [7, 11) is 0. The first-order valence-electron chi connectivity index (χ1n) is 6.98. The number of carboxylic acid groups (broad SMARTS) is 1. The third-order valence-corrected chi connectivity index (χ3v) is 3.75. The third kappa shape index (κ3) is 5.92. The van der Waals surface area contributed by atoms with E-state index in [0.29, 0.717) is 0 Å². The van der Waals surface area contributed by atoms with Crippen LogP contribution in [0.2, 0.25) is 0 Å². The molecule has 1 atom stereocenters. The number of carboxylic acids is 1. The van der Waals surface area contributed by atoms with E-state index < -0.39 is 12.1 Å². The zero-order chi connectivity index (χ0) is 14.3. The lowest BCUT2D eigenvalue weighted by atomic mass is 9.85. The highest BCUT2D eigenvalue weighted by molar-refractivity contribution is 5.74. The second-order valence-corrected chi connectivity index (χ2v) is 5.17. The third-order valence-electron chi connectivity index (χ3n) is 3.75. The van der Waals surface area contributed by atoms with E-state index in [2.05, 4.69) is 17.6 Å². The maximum absolute atomic E-state index is 11.6. The van der Waals surface area contributed by atoms with Crippen LogP contribution in [0.25, 0.3) is 0 Å². The van der Waals surface area contributed by atoms with Crippen LogP contribution in [-0.4, -0.2) is 40.9 Å². The summed E-state index contributed by atoms with van der Waals surface area (Å²) in [5.74, 6) is -0.480. The van der Waals surface area contributed by atoms with Crippen molar-refractivity contribution in [3.05, 3.63) is 0 Å². The van der Waals surface area contributed by atoms with Gasteiger partial charge in [-0.25, -0.2) is 9.59 Å². The van der Waals surface area contributed by atoms with Crippen LogP contribution >= 0.6 is 0 Å². The van der Waals surface area contributed by atoms with Crippen molar-refractivity contribution in [2.75, 3.05) is 6.54 Å². The van der Waals surface area contributed by atoms with Crippen LogP contribution < -0.4 is 10.6 Å². The molecule has 0 aromatic carbocycles. The molecule has 0 aromatic rings. The molecule has 1 aliphatic rings. The first kappa shape index (κ1) is 15.8. The van der Waals surface area contributed by atoms with E-state index >= 15 is 0 Å². The Kier molecular flexibility index (Phi) is 6.62. The minimum atomic E-state index is -1.42. The Labute approximate surface area is 113 Å². The van der Waals surface area contributed by atoms with Gasteiger partial charge < -0.3 is 20.8 Å². The molecule has 1 saturated carbocycles. The van der Waals surface area contributed by atoms with Crippen LogP contribution in [0, 0.1) is 5.92 Å². The average Bonchev–Trinajstić information content (AvgIpc) is 2.39. The van der Waals surface area contributed by atoms with E-state index in [0.717, 1.165) is 31.6 Å². The number of aliphatic hydroxyl groups is 1. The Bertz CT molecular complexity index is 301. The number of hydrogen-bond donors (Lipinski definition) is 4. The van der Waals surface area contributed by atoms with Crippen LogP contribution in [0.4, 0.5) is 4.79 Å². The van der Waals surface area contributed by atoms with Gasteiger partial charge in [0.25, 0.3) is 0 Å². The molecule has 19 heavy (non-hydrogen) atoms. The predicted molar refractivity (Wildman–Crippen MR) is 70.8 cm³/mol. The molecule has 0 heterocycles. The highest BCUT2D eigenvalue weighted by Gasteiger charge is 2.21. The van der Waals surface area contributed by atoms with Crippen molar-refractivity contribution in [1.29, 1.82) is 0 Å². The summed E-state index contributed by atoms with van der Waals surface area (Å²) in [6, 6.07) is -0.0651. The fraction of sp³-hybridized carbons (Fsp3) is 0.846. The quantitative estimate of drug-likeness (QED) is 0.581. The molecule has 2 amide bonds. The van der Waals surface area contributed by atoms with Crippen LogP contribution in [0.15, 0.2) is 0 Å². The van der Waals surface area contributed by atoms with E-state index in [1.54, 1.807) is 0 Å². The maximum atomic E-state index is 11.6. The van der Waals surface area contributed by atoms with Crippen molar-refractivity contribution in [3.63, 3.8) is 0 Å². The van der Waals surface area contributed by atoms with Gasteiger partial charge in [0.2, 0.25) is 0 Å². The number of rotatable bonds is 6. The molecule has 0 aliphatic heterocycles. The summed E-state index contributed by atoms with van der Waals surface area (Å²) in [6.07, 6.45) is 4.11. The number of urea groups is 1. The number of carbonyl (C=O) groups excluding carboxylic acids is 1. The fourth-order valence-corrected chi connectivity index (χ4v) is 2.40. The minimum absolute atomic E-state index is 0.0192. The normalized spacial score (nSPS) is 24.5. The smallest absolute Gasteiger partial charge is 0.332 e. The number of amides is 2. The van der Waals surface area contributed by atoms with Crippen molar-refractivity contribution in [1.82, 2.24) is 10.6 Å². The zero-order valence-electron chi connectivity index (χ0n) is 11.4. The topological polar surface area (TPSA) is 98.7 Å². The Morgan fingerprint density at radius 1 is 1.26 bits per heavy atom. The lowest BCUT2D eigenvalue weighted by molar-refractivity contribution is -0.146. The van der Waals surface area contributed by atoms with E-state index in [1.807, 2.05) is 0 Å². The van der Waals surface area contributed by atoms with Gasteiger partial charge in [-0.3, -0.25) is 0 Å². The van der Waals surface area contributed by atoms with E-state index in [1.165, 1.54) is 6.42 Å². The molecule has 0 radical (unpaired) electrons. The second-order valence-electron chi connectivity index (χ2n) is 5.17. The van der Waals surface area contributed by atoms with Crippen LogP contribution in [0.1, 0.15) is 45.4 Å². The standard InChI is InChI=1S/C13H24N2O4/c1-2-9-3-5-10(6-4-9)15-13(19)14-8-7-11(16)12(17)18/h9-11,16H,2-8H2,1H3,(H,17,18)(H2,14,15,19)/t9?,10?,11-/m0/s1. The number of hydrogen-bond acceptors (Lipinski definition) is 3. The Balaban J connectivity index is 2.13. The summed E-state index contributed by atoms with van der Waals surface area (Å²) in [5, 5.41) is 23.0. The lowest BCUT2D eigenvalue weighted by Crippen LogP contribution is -2.44. The van der Waals surface area contributed by atoms with Gasteiger partial charge in [-0.15, -0.1) is 0 Å². The number of carbonyl (C=O) groups is 2. The molecule has 0 spiro atoms. The van der Waals surface area contributed by atoms with Gasteiger partial charge >= 0.3 is 12.0 Å². The second kappa shape index (κ2) is 7.99. The van der Waals surface area contributed by atoms with Gasteiger partial charge in [-0.2, -0.15) is 0 Å². The molecule has 0 aromatic heterocycles. The van der Waals surface area contributed by atoms with E-state index in [9.17, 15) is 9.59 Å². The lowest BCUT2D eigenvalue weighted by Gasteiger charge is -2.28. The first-order valence-corrected chi connectivity index (χ1v) is 6.98. The largest absolute Gasteiger partial charge is 0.479 e. The maximum Gasteiger partial charge on any atom is 0.332 e. The molecule has 6 heteroatoms. The van der Waals surface area contributed by atoms with Gasteiger partial charge in [0, 0.05) is 19.0 Å². The predicted octanol–water partition coefficient (Wildman–Crippen LogP) is 1.09. The van der Waals surface area contributed by atoms with Gasteiger partial charge in [-0.05, 0) is 31.6 Å². The van der Waals surface area contributed by atoms with Crippen molar-refractivity contribution in [2.45, 2.75) is 57.6 Å². The summed E-state index contributed by atoms with van der Waals surface area (Å²) in [6.45, 7) is 2.35. The molecule has 0 unspecified atom stereocenters. The number of nitrogens with one attached hydrogen (secondary N) is 2. The van der Waals surface area contributed by atoms with Crippen molar-refractivity contribution >= 4 is 12.0 Å². The molecule has 6 nitrogen and oxygen atoms in total. The summed E-state index contributed by atoms with van der Waals surface area (Å²) in [5.41, 5.74) is 0. The molecule has 1 aliphatic carbocycles. The van der Waals surface area contributed by atoms with E-state index in [-0.39, 0.29) is 25.0 Å². The number of aliphatic hydroxyl groups excluding tert-OH is 1. The highest BCUT2D eigenvalue weighted by atomic mass is 16.4. The van der Waals surface area contributed by atoms with Crippen LogP contribution in [-0.2, 0) is 4.79 Å². The van der Waals surface area contributed by atoms with Crippen molar-refractivity contribution < 1.29 is 19.8 Å². The zero-order valence-corrected chi connectivity index (χ0v) is 11.4. The average molecular weight is 272 g/mol. The SMILES string of the molecule is CCC1CCC(NC(=O)NCC[C@H](O)C(=O)O)CC1. The van der Waals surface area contributed by atoms with Crippen molar-refractivity contribution in [2.24, 2.45) is 5.92 Å². The number of aliphatic carboxylic acids is 1. The summed E-state index contributed by atoms with van der Waals surface area (Å²) in [4.78, 5) is 21.9. The molecule has 110 valence electrons. The molecule has 1 fully saturated rings. The van der Waals surface area contributed by atoms with Gasteiger partial charge in [0.15, 0.2) is 6.10 Å². The Morgan fingerprint density at radius 2 is 1.89 bits per heavy atom. The monoisotopic (exact) mass is 272 g/mol. The summed E-state index contributed by atoms with van der Waals surface area (Å²) < 4.78 is 0. The molecule has 4 N–H and O–H groups in total. The molecule has 0 bridgehead atoms. The van der Waals surface area contributed by atoms with E-state index in [4.69, 9.17) is 10.2 Å². The van der Waals surface area contributed by atoms with Crippen molar-refractivity contribution in [3.8, 4) is 0 Å². The minimum Gasteiger partial charge on any atom is -0.479 e. The van der Waals surface area contributed by atoms with Gasteiger partial charge in [0.1, 0.15) is 0 Å². The Hall–Kier alpha value is -1.30. The molecular weight excluding hydrogens is 248 g/mol.